The maximum atomic E-state index is 11.2. The molecule has 1 unspecified atom stereocenters. The average Bonchev–Trinajstić information content (AvgIpc) is 2.60. The highest BCUT2D eigenvalue weighted by Crippen LogP contribution is 2.28. The third-order valence-corrected chi connectivity index (χ3v) is 3.47. The van der Waals surface area contributed by atoms with Gasteiger partial charge in [-0.15, -0.1) is 0 Å². The van der Waals surface area contributed by atoms with Crippen LogP contribution >= 0.6 is 0 Å². The molecule has 108 valence electrons. The lowest BCUT2D eigenvalue weighted by Crippen LogP contribution is -2.40. The summed E-state index contributed by atoms with van der Waals surface area (Å²) >= 11 is 0. The third kappa shape index (κ3) is 3.32. The van der Waals surface area contributed by atoms with Crippen LogP contribution in [0.25, 0.3) is 0 Å². The average molecular weight is 268 g/mol. The summed E-state index contributed by atoms with van der Waals surface area (Å²) in [7, 11) is 1.89. The fourth-order valence-corrected chi connectivity index (χ4v) is 2.36. The largest absolute Gasteiger partial charge is 0.316 e. The van der Waals surface area contributed by atoms with Crippen molar-refractivity contribution >= 4 is 5.69 Å². The van der Waals surface area contributed by atoms with Crippen LogP contribution in [-0.4, -0.2) is 27.8 Å². The Balaban J connectivity index is 3.21. The SMILES string of the molecule is CCn1nc(C)c([N+](=O)[O-])c1CC(NC)C(C)(C)C. The van der Waals surface area contributed by atoms with E-state index < -0.39 is 0 Å². The zero-order valence-electron chi connectivity index (χ0n) is 12.6. The molecule has 6 heteroatoms. The van der Waals surface area contributed by atoms with Crippen molar-refractivity contribution in [3.8, 4) is 0 Å². The van der Waals surface area contributed by atoms with Crippen molar-refractivity contribution in [2.75, 3.05) is 7.05 Å². The predicted molar refractivity (Wildman–Crippen MR) is 75.3 cm³/mol. The monoisotopic (exact) mass is 268 g/mol. The molecule has 19 heavy (non-hydrogen) atoms. The lowest BCUT2D eigenvalue weighted by atomic mass is 9.84. The van der Waals surface area contributed by atoms with E-state index in [0.717, 1.165) is 0 Å². The van der Waals surface area contributed by atoms with Gasteiger partial charge in [0.2, 0.25) is 0 Å². The minimum absolute atomic E-state index is 0.0271. The van der Waals surface area contributed by atoms with Gasteiger partial charge in [0.15, 0.2) is 0 Å². The van der Waals surface area contributed by atoms with Crippen molar-refractivity contribution in [3.63, 3.8) is 0 Å². The molecule has 1 rings (SSSR count). The number of nitrogens with one attached hydrogen (secondary N) is 1. The fourth-order valence-electron chi connectivity index (χ4n) is 2.36. The van der Waals surface area contributed by atoms with Crippen molar-refractivity contribution in [1.29, 1.82) is 0 Å². The van der Waals surface area contributed by atoms with Gasteiger partial charge in [-0.25, -0.2) is 0 Å². The second kappa shape index (κ2) is 5.69. The van der Waals surface area contributed by atoms with Crippen LogP contribution in [0.3, 0.4) is 0 Å². The summed E-state index contributed by atoms with van der Waals surface area (Å²) in [6.45, 7) is 10.7. The minimum Gasteiger partial charge on any atom is -0.316 e. The number of aryl methyl sites for hydroxylation is 2. The molecule has 1 heterocycles. The summed E-state index contributed by atoms with van der Waals surface area (Å²) < 4.78 is 1.74. The summed E-state index contributed by atoms with van der Waals surface area (Å²) in [5, 5.41) is 18.7. The molecule has 0 fully saturated rings. The first-order valence-electron chi connectivity index (χ1n) is 6.60. The Kier molecular flexibility index (Phi) is 4.68. The Morgan fingerprint density at radius 1 is 1.47 bits per heavy atom. The maximum Gasteiger partial charge on any atom is 0.313 e. The number of hydrogen-bond donors (Lipinski definition) is 1. The molecule has 1 aromatic rings. The van der Waals surface area contributed by atoms with Gasteiger partial charge in [-0.05, 0) is 26.3 Å². The highest BCUT2D eigenvalue weighted by Gasteiger charge is 2.30. The molecule has 0 amide bonds. The van der Waals surface area contributed by atoms with Crippen LogP contribution in [0.4, 0.5) is 5.69 Å². The van der Waals surface area contributed by atoms with Crippen molar-refractivity contribution in [1.82, 2.24) is 15.1 Å². The first-order chi connectivity index (χ1) is 8.72. The van der Waals surface area contributed by atoms with Crippen LogP contribution in [0.5, 0.6) is 0 Å². The second-order valence-corrected chi connectivity index (χ2v) is 5.86. The smallest absolute Gasteiger partial charge is 0.313 e. The molecule has 0 bridgehead atoms. The van der Waals surface area contributed by atoms with Gasteiger partial charge in [0.05, 0.1) is 4.92 Å². The van der Waals surface area contributed by atoms with Crippen LogP contribution in [-0.2, 0) is 13.0 Å². The number of aromatic nitrogens is 2. The molecular formula is C13H24N4O2. The van der Waals surface area contributed by atoms with Gasteiger partial charge in [-0.2, -0.15) is 5.10 Å². The zero-order chi connectivity index (χ0) is 14.8. The van der Waals surface area contributed by atoms with Crippen molar-refractivity contribution in [2.24, 2.45) is 5.41 Å². The van der Waals surface area contributed by atoms with E-state index in [9.17, 15) is 10.1 Å². The lowest BCUT2D eigenvalue weighted by molar-refractivity contribution is -0.386. The molecular weight excluding hydrogens is 244 g/mol. The summed E-state index contributed by atoms with van der Waals surface area (Å²) in [6.07, 6.45) is 0.602. The van der Waals surface area contributed by atoms with E-state index in [-0.39, 0.29) is 22.1 Å². The molecule has 1 N–H and O–H groups in total. The Morgan fingerprint density at radius 3 is 2.42 bits per heavy atom. The molecule has 6 nitrogen and oxygen atoms in total. The summed E-state index contributed by atoms with van der Waals surface area (Å²) in [6, 6.07) is 0.160. The number of nitrogens with zero attached hydrogens (tertiary/aromatic N) is 3. The number of hydrogen-bond acceptors (Lipinski definition) is 4. The van der Waals surface area contributed by atoms with E-state index in [1.165, 1.54) is 0 Å². The van der Waals surface area contributed by atoms with E-state index in [1.807, 2.05) is 14.0 Å². The predicted octanol–water partition coefficient (Wildman–Crippen LogP) is 2.30. The van der Waals surface area contributed by atoms with Crippen molar-refractivity contribution in [3.05, 3.63) is 21.5 Å². The quantitative estimate of drug-likeness (QED) is 0.657. The molecule has 0 saturated heterocycles. The van der Waals surface area contributed by atoms with Crippen LogP contribution in [0.2, 0.25) is 0 Å². The molecule has 0 aromatic carbocycles. The van der Waals surface area contributed by atoms with Gasteiger partial charge in [0.1, 0.15) is 11.4 Å². The summed E-state index contributed by atoms with van der Waals surface area (Å²) in [5.74, 6) is 0. The number of nitro groups is 1. The summed E-state index contributed by atoms with van der Waals surface area (Å²) in [4.78, 5) is 10.9. The van der Waals surface area contributed by atoms with E-state index in [2.05, 4.69) is 31.2 Å². The van der Waals surface area contributed by atoms with Crippen LogP contribution in [0, 0.1) is 22.5 Å². The molecule has 0 radical (unpaired) electrons. The first-order valence-corrected chi connectivity index (χ1v) is 6.60. The van der Waals surface area contributed by atoms with Crippen molar-refractivity contribution < 1.29 is 4.92 Å². The molecule has 0 aliphatic carbocycles. The Hall–Kier alpha value is -1.43. The van der Waals surface area contributed by atoms with Gasteiger partial charge in [0, 0.05) is 19.0 Å². The van der Waals surface area contributed by atoms with Gasteiger partial charge >= 0.3 is 5.69 Å². The molecule has 0 saturated carbocycles. The molecule has 0 aliphatic rings. The summed E-state index contributed by atoms with van der Waals surface area (Å²) in [5.41, 5.74) is 1.38. The van der Waals surface area contributed by atoms with Gasteiger partial charge in [0.25, 0.3) is 0 Å². The number of rotatable bonds is 5. The Morgan fingerprint density at radius 2 is 2.05 bits per heavy atom. The lowest BCUT2D eigenvalue weighted by Gasteiger charge is -2.30. The maximum absolute atomic E-state index is 11.2. The molecule has 0 aliphatic heterocycles. The van der Waals surface area contributed by atoms with E-state index in [1.54, 1.807) is 11.6 Å². The number of likely N-dealkylation sites (N-methyl/N-ethyl adjacent to an activating group) is 1. The molecule has 1 aromatic heterocycles. The van der Waals surface area contributed by atoms with E-state index >= 15 is 0 Å². The minimum atomic E-state index is -0.320. The fraction of sp³-hybridized carbons (Fsp3) is 0.769. The third-order valence-electron chi connectivity index (χ3n) is 3.47. The molecule has 1 atom stereocenters. The van der Waals surface area contributed by atoms with Crippen LogP contribution in [0.15, 0.2) is 0 Å². The Labute approximate surface area is 114 Å². The first kappa shape index (κ1) is 15.6. The van der Waals surface area contributed by atoms with Crippen molar-refractivity contribution in [2.45, 2.75) is 53.6 Å². The molecule has 0 spiro atoms. The van der Waals surface area contributed by atoms with Crippen LogP contribution < -0.4 is 5.32 Å². The van der Waals surface area contributed by atoms with Gasteiger partial charge in [-0.3, -0.25) is 14.8 Å². The highest BCUT2D eigenvalue weighted by molar-refractivity contribution is 5.41. The Bertz CT molecular complexity index is 460. The van der Waals surface area contributed by atoms with Crippen LogP contribution in [0.1, 0.15) is 39.1 Å². The van der Waals surface area contributed by atoms with Gasteiger partial charge in [-0.1, -0.05) is 20.8 Å². The standard InChI is InChI=1S/C13H24N4O2/c1-7-16-10(8-11(14-6)13(3,4)5)12(17(18)19)9(2)15-16/h11,14H,7-8H2,1-6H3. The topological polar surface area (TPSA) is 73.0 Å². The second-order valence-electron chi connectivity index (χ2n) is 5.86. The normalized spacial score (nSPS) is 13.6. The zero-order valence-corrected chi connectivity index (χ0v) is 12.6. The highest BCUT2D eigenvalue weighted by atomic mass is 16.6. The van der Waals surface area contributed by atoms with Gasteiger partial charge < -0.3 is 5.32 Å². The van der Waals surface area contributed by atoms with E-state index in [4.69, 9.17) is 0 Å². The van der Waals surface area contributed by atoms with E-state index in [0.29, 0.717) is 24.4 Å².